The number of hydrogen-bond acceptors (Lipinski definition) is 4. The highest BCUT2D eigenvalue weighted by Gasteiger charge is 2.18. The Morgan fingerprint density at radius 2 is 1.74 bits per heavy atom. The average molecular weight is 734 g/mol. The molecule has 0 aliphatic rings. The topological polar surface area (TPSA) is 80.7 Å². The van der Waals surface area contributed by atoms with Crippen molar-refractivity contribution >= 4 is 106 Å². The van der Waals surface area contributed by atoms with Crippen LogP contribution in [0.5, 0.6) is 0 Å². The summed E-state index contributed by atoms with van der Waals surface area (Å²) in [6.45, 7) is -0.368. The van der Waals surface area contributed by atoms with Crippen molar-refractivity contribution in [2.75, 3.05) is 12.4 Å². The number of ether oxygens (including phenoxy) is 1. The summed E-state index contributed by atoms with van der Waals surface area (Å²) in [6.07, 6.45) is 0. The van der Waals surface area contributed by atoms with E-state index in [1.165, 1.54) is 0 Å². The number of halogens is 4. The number of rotatable bonds is 4. The fourth-order valence-corrected chi connectivity index (χ4v) is 4.60. The number of esters is 1. The Morgan fingerprint density at radius 1 is 1.16 bits per heavy atom. The SMILES string of the molecule is O=C(OCCS(=O)(=O)O)c1cc(I)c(I)c(I)c1I. The Morgan fingerprint density at radius 3 is 2.26 bits per heavy atom. The lowest BCUT2D eigenvalue weighted by atomic mass is 10.2. The first-order valence-electron chi connectivity index (χ1n) is 4.58. The Hall–Kier alpha value is 1.52. The average Bonchev–Trinajstić information content (AvgIpc) is 2.29. The Bertz CT molecular complexity index is 614. The van der Waals surface area contributed by atoms with Gasteiger partial charge in [-0.3, -0.25) is 4.55 Å². The van der Waals surface area contributed by atoms with Gasteiger partial charge in [-0.15, -0.1) is 0 Å². The quantitative estimate of drug-likeness (QED) is 0.169. The van der Waals surface area contributed by atoms with Crippen molar-refractivity contribution in [1.82, 2.24) is 0 Å². The molecule has 0 spiro atoms. The highest BCUT2D eigenvalue weighted by molar-refractivity contribution is 14.1. The largest absolute Gasteiger partial charge is 0.461 e. The summed E-state index contributed by atoms with van der Waals surface area (Å²) in [5, 5.41) is 0. The summed E-state index contributed by atoms with van der Waals surface area (Å²) < 4.78 is 38.1. The molecule has 19 heavy (non-hydrogen) atoms. The lowest BCUT2D eigenvalue weighted by molar-refractivity contribution is 0.0527. The van der Waals surface area contributed by atoms with E-state index < -0.39 is 21.8 Å². The molecule has 0 aromatic heterocycles. The van der Waals surface area contributed by atoms with Crippen LogP contribution >= 0.6 is 90.4 Å². The standard InChI is InChI=1S/C9H6I4O5S/c10-5-3-4(6(11)8(13)7(5)12)9(14)18-1-2-19(15,16)17/h3H,1-2H2,(H,15,16,17). The highest BCUT2D eigenvalue weighted by Crippen LogP contribution is 2.29. The number of carbonyl (C=O) groups excluding carboxylic acids is 1. The minimum Gasteiger partial charge on any atom is -0.461 e. The maximum Gasteiger partial charge on any atom is 0.339 e. The van der Waals surface area contributed by atoms with Crippen LogP contribution in [0.3, 0.4) is 0 Å². The van der Waals surface area contributed by atoms with Gasteiger partial charge in [-0.25, -0.2) is 4.79 Å². The second kappa shape index (κ2) is 7.68. The van der Waals surface area contributed by atoms with Gasteiger partial charge in [0.1, 0.15) is 12.4 Å². The van der Waals surface area contributed by atoms with E-state index >= 15 is 0 Å². The van der Waals surface area contributed by atoms with Crippen LogP contribution in [0.4, 0.5) is 0 Å². The maximum atomic E-state index is 11.9. The number of carbonyl (C=O) groups is 1. The van der Waals surface area contributed by atoms with Crippen LogP contribution in [0.2, 0.25) is 0 Å². The fraction of sp³-hybridized carbons (Fsp3) is 0.222. The molecule has 0 saturated carbocycles. The van der Waals surface area contributed by atoms with Crippen LogP contribution in [0.15, 0.2) is 6.07 Å². The van der Waals surface area contributed by atoms with E-state index in [0.29, 0.717) is 5.56 Å². The predicted molar refractivity (Wildman–Crippen MR) is 104 cm³/mol. The molecule has 1 aromatic carbocycles. The zero-order chi connectivity index (χ0) is 14.8. The van der Waals surface area contributed by atoms with Crippen LogP contribution in [0.25, 0.3) is 0 Å². The molecule has 10 heteroatoms. The molecule has 0 amide bonds. The molecule has 0 atom stereocenters. The van der Waals surface area contributed by atoms with Gasteiger partial charge in [-0.05, 0) is 96.4 Å². The van der Waals surface area contributed by atoms with Crippen molar-refractivity contribution in [2.45, 2.75) is 0 Å². The monoisotopic (exact) mass is 734 g/mol. The van der Waals surface area contributed by atoms with Crippen LogP contribution in [-0.2, 0) is 14.9 Å². The molecule has 106 valence electrons. The maximum absolute atomic E-state index is 11.9. The first-order valence-corrected chi connectivity index (χ1v) is 10.5. The van der Waals surface area contributed by atoms with Crippen LogP contribution in [-0.4, -0.2) is 31.3 Å². The second-order valence-corrected chi connectivity index (χ2v) is 9.24. The molecule has 0 saturated heterocycles. The first-order chi connectivity index (χ1) is 8.63. The minimum atomic E-state index is -4.12. The molecule has 5 nitrogen and oxygen atoms in total. The van der Waals surface area contributed by atoms with Crippen molar-refractivity contribution < 1.29 is 22.5 Å². The van der Waals surface area contributed by atoms with E-state index in [2.05, 4.69) is 67.8 Å². The van der Waals surface area contributed by atoms with E-state index in [9.17, 15) is 13.2 Å². The normalized spacial score (nSPS) is 11.4. The van der Waals surface area contributed by atoms with Gasteiger partial charge in [-0.2, -0.15) is 8.42 Å². The molecule has 0 unspecified atom stereocenters. The van der Waals surface area contributed by atoms with Crippen LogP contribution < -0.4 is 0 Å². The fourth-order valence-electron chi connectivity index (χ4n) is 1.04. The van der Waals surface area contributed by atoms with Crippen LogP contribution in [0, 0.1) is 14.3 Å². The second-order valence-electron chi connectivity index (χ2n) is 3.27. The Kier molecular flexibility index (Phi) is 7.51. The molecule has 0 fully saturated rings. The Labute approximate surface area is 164 Å². The van der Waals surface area contributed by atoms with Gasteiger partial charge < -0.3 is 4.74 Å². The van der Waals surface area contributed by atoms with E-state index in [-0.39, 0.29) is 6.61 Å². The van der Waals surface area contributed by atoms with Crippen molar-refractivity contribution in [3.63, 3.8) is 0 Å². The molecular formula is C9H6I4O5S. The summed E-state index contributed by atoms with van der Waals surface area (Å²) in [6, 6.07) is 1.70. The molecule has 0 radical (unpaired) electrons. The summed E-state index contributed by atoms with van der Waals surface area (Å²) in [7, 11) is -4.12. The molecule has 1 aromatic rings. The van der Waals surface area contributed by atoms with Crippen molar-refractivity contribution in [1.29, 1.82) is 0 Å². The zero-order valence-corrected chi connectivity index (χ0v) is 18.4. The van der Waals surface area contributed by atoms with Gasteiger partial charge in [0.05, 0.1) is 5.56 Å². The number of hydrogen-bond donors (Lipinski definition) is 1. The van der Waals surface area contributed by atoms with Gasteiger partial charge >= 0.3 is 5.97 Å². The van der Waals surface area contributed by atoms with E-state index in [0.717, 1.165) is 14.3 Å². The van der Waals surface area contributed by atoms with Crippen LogP contribution in [0.1, 0.15) is 10.4 Å². The molecule has 0 heterocycles. The molecule has 0 aliphatic carbocycles. The molecule has 1 N–H and O–H groups in total. The molecular weight excluding hydrogens is 728 g/mol. The molecule has 0 aliphatic heterocycles. The lowest BCUT2D eigenvalue weighted by Gasteiger charge is -2.10. The van der Waals surface area contributed by atoms with Gasteiger partial charge in [0.2, 0.25) is 0 Å². The first kappa shape index (κ1) is 18.6. The number of benzene rings is 1. The summed E-state index contributed by atoms with van der Waals surface area (Å²) in [4.78, 5) is 11.9. The van der Waals surface area contributed by atoms with Gasteiger partial charge in [0.15, 0.2) is 0 Å². The zero-order valence-electron chi connectivity index (χ0n) is 8.99. The molecule has 1 rings (SSSR count). The van der Waals surface area contributed by atoms with Gasteiger partial charge in [-0.1, -0.05) is 0 Å². The predicted octanol–water partition coefficient (Wildman–Crippen LogP) is 3.15. The van der Waals surface area contributed by atoms with Gasteiger partial charge in [0.25, 0.3) is 10.1 Å². The van der Waals surface area contributed by atoms with Crippen molar-refractivity contribution in [3.05, 3.63) is 25.9 Å². The summed E-state index contributed by atoms with van der Waals surface area (Å²) in [5.41, 5.74) is 0.394. The smallest absolute Gasteiger partial charge is 0.339 e. The third-order valence-electron chi connectivity index (χ3n) is 1.90. The lowest BCUT2D eigenvalue weighted by Crippen LogP contribution is -2.16. The van der Waals surface area contributed by atoms with Crippen molar-refractivity contribution in [2.24, 2.45) is 0 Å². The summed E-state index contributed by atoms with van der Waals surface area (Å²) >= 11 is 8.49. The highest BCUT2D eigenvalue weighted by atomic mass is 127. The van der Waals surface area contributed by atoms with E-state index in [4.69, 9.17) is 9.29 Å². The van der Waals surface area contributed by atoms with E-state index in [1.54, 1.807) is 6.07 Å². The summed E-state index contributed by atoms with van der Waals surface area (Å²) in [5.74, 6) is -1.20. The third-order valence-corrected chi connectivity index (χ3v) is 9.85. The molecule has 0 bridgehead atoms. The third kappa shape index (κ3) is 5.67. The Balaban J connectivity index is 2.89. The van der Waals surface area contributed by atoms with E-state index in [1.807, 2.05) is 22.6 Å². The minimum absolute atomic E-state index is 0.368. The van der Waals surface area contributed by atoms with Crippen molar-refractivity contribution in [3.8, 4) is 0 Å². The van der Waals surface area contributed by atoms with Gasteiger partial charge in [0, 0.05) is 14.3 Å².